The van der Waals surface area contributed by atoms with Crippen LogP contribution in [0.2, 0.25) is 0 Å². The highest BCUT2D eigenvalue weighted by Gasteiger charge is 2.20. The number of nitrogens with zero attached hydrogens (tertiary/aromatic N) is 2. The number of amides is 1. The van der Waals surface area contributed by atoms with Gasteiger partial charge in [0.1, 0.15) is 5.75 Å². The van der Waals surface area contributed by atoms with Crippen LogP contribution in [0.4, 0.5) is 5.69 Å². The number of anilines is 1. The number of methoxy groups -OCH3 is 1. The fourth-order valence-corrected chi connectivity index (χ4v) is 5.67. The second kappa shape index (κ2) is 10.5. The number of nitrogens with one attached hydrogen (secondary N) is 1. The fourth-order valence-electron chi connectivity index (χ4n) is 4.73. The number of fused-ring (bicyclic) bond motifs is 3. The van der Waals surface area contributed by atoms with Crippen molar-refractivity contribution < 1.29 is 9.53 Å². The van der Waals surface area contributed by atoms with Gasteiger partial charge in [0.25, 0.3) is 11.5 Å². The standard InChI is InChI=1S/C30H29N3O3S/c1-4-32(5-2)22-12-10-20(11-13-22)19-31-29(34)25-18-24(23-8-6-7-9-26(23)36-3)30(35)33-16-14-21-15-17-37-28(21)27(25)33/h6-18H,4-5,19H2,1-3H3,(H,31,34). The summed E-state index contributed by atoms with van der Waals surface area (Å²) in [7, 11) is 1.58. The minimum absolute atomic E-state index is 0.196. The van der Waals surface area contributed by atoms with E-state index in [-0.39, 0.29) is 11.5 Å². The third-order valence-electron chi connectivity index (χ3n) is 6.71. The summed E-state index contributed by atoms with van der Waals surface area (Å²) in [6.45, 7) is 6.54. The number of aromatic nitrogens is 1. The number of rotatable bonds is 8. The maximum absolute atomic E-state index is 13.7. The number of pyridine rings is 2. The summed E-state index contributed by atoms with van der Waals surface area (Å²) in [6, 6.07) is 21.2. The van der Waals surface area contributed by atoms with Crippen LogP contribution >= 0.6 is 11.3 Å². The van der Waals surface area contributed by atoms with Gasteiger partial charge in [-0.15, -0.1) is 11.3 Å². The molecule has 188 valence electrons. The van der Waals surface area contributed by atoms with Crippen molar-refractivity contribution in [3.63, 3.8) is 0 Å². The lowest BCUT2D eigenvalue weighted by Gasteiger charge is -2.21. The van der Waals surface area contributed by atoms with Gasteiger partial charge in [-0.2, -0.15) is 0 Å². The van der Waals surface area contributed by atoms with Crippen LogP contribution in [0.1, 0.15) is 29.8 Å². The summed E-state index contributed by atoms with van der Waals surface area (Å²) in [5, 5.41) is 6.04. The van der Waals surface area contributed by atoms with Gasteiger partial charge >= 0.3 is 0 Å². The Morgan fingerprint density at radius 1 is 1.00 bits per heavy atom. The van der Waals surface area contributed by atoms with Crippen LogP contribution in [0.15, 0.2) is 83.1 Å². The monoisotopic (exact) mass is 511 g/mol. The highest BCUT2D eigenvalue weighted by Crippen LogP contribution is 2.32. The molecule has 5 rings (SSSR count). The highest BCUT2D eigenvalue weighted by atomic mass is 32.1. The zero-order valence-corrected chi connectivity index (χ0v) is 22.0. The highest BCUT2D eigenvalue weighted by molar-refractivity contribution is 7.18. The third-order valence-corrected chi connectivity index (χ3v) is 7.64. The first-order valence-corrected chi connectivity index (χ1v) is 13.2. The van der Waals surface area contributed by atoms with E-state index < -0.39 is 0 Å². The molecular formula is C30H29N3O3S. The molecule has 0 aliphatic carbocycles. The number of hydrogen-bond donors (Lipinski definition) is 1. The Bertz CT molecular complexity index is 1630. The lowest BCUT2D eigenvalue weighted by molar-refractivity contribution is 0.0952. The molecule has 0 aliphatic rings. The van der Waals surface area contributed by atoms with E-state index in [1.54, 1.807) is 23.8 Å². The van der Waals surface area contributed by atoms with Crippen LogP contribution in [-0.4, -0.2) is 30.5 Å². The Morgan fingerprint density at radius 3 is 2.49 bits per heavy atom. The van der Waals surface area contributed by atoms with Crippen LogP contribution < -0.4 is 20.5 Å². The molecule has 0 spiro atoms. The molecular weight excluding hydrogens is 482 g/mol. The van der Waals surface area contributed by atoms with Crippen LogP contribution in [0.3, 0.4) is 0 Å². The summed E-state index contributed by atoms with van der Waals surface area (Å²) < 4.78 is 8.00. The average Bonchev–Trinajstić information content (AvgIpc) is 3.42. The van der Waals surface area contributed by atoms with Crippen molar-refractivity contribution in [2.75, 3.05) is 25.1 Å². The first-order valence-electron chi connectivity index (χ1n) is 12.4. The molecule has 3 aromatic heterocycles. The topological polar surface area (TPSA) is 63.1 Å². The molecule has 0 aliphatic heterocycles. The van der Waals surface area contributed by atoms with E-state index in [2.05, 4.69) is 36.2 Å². The molecule has 7 heteroatoms. The summed E-state index contributed by atoms with van der Waals surface area (Å²) in [5.74, 6) is 0.346. The van der Waals surface area contributed by atoms with Gasteiger partial charge in [-0.1, -0.05) is 30.3 Å². The number of hydrogen-bond acceptors (Lipinski definition) is 5. The SMILES string of the molecule is CCN(CC)c1ccc(CNC(=O)c2cc(-c3ccccc3OC)c(=O)n3ccc4ccsc4c23)cc1. The Morgan fingerprint density at radius 2 is 1.76 bits per heavy atom. The molecule has 1 amide bonds. The van der Waals surface area contributed by atoms with Gasteiger partial charge in [-0.3, -0.25) is 14.0 Å². The Labute approximate surface area is 219 Å². The predicted octanol–water partition coefficient (Wildman–Crippen LogP) is 5.97. The van der Waals surface area contributed by atoms with Crippen LogP contribution in [0, 0.1) is 0 Å². The van der Waals surface area contributed by atoms with Gasteiger partial charge in [-0.25, -0.2) is 0 Å². The summed E-state index contributed by atoms with van der Waals surface area (Å²) >= 11 is 1.52. The van der Waals surface area contributed by atoms with E-state index in [4.69, 9.17) is 4.74 Å². The number of benzene rings is 2. The first-order chi connectivity index (χ1) is 18.0. The van der Waals surface area contributed by atoms with Crippen molar-refractivity contribution in [2.24, 2.45) is 0 Å². The van der Waals surface area contributed by atoms with Gasteiger partial charge in [0.2, 0.25) is 0 Å². The molecule has 5 aromatic rings. The lowest BCUT2D eigenvalue weighted by Crippen LogP contribution is -2.26. The van der Waals surface area contributed by atoms with Crippen molar-refractivity contribution in [2.45, 2.75) is 20.4 Å². The van der Waals surface area contributed by atoms with E-state index in [9.17, 15) is 9.59 Å². The Balaban J connectivity index is 1.56. The normalized spacial score (nSPS) is 11.1. The molecule has 0 unspecified atom stereocenters. The number of ether oxygens (including phenoxy) is 1. The van der Waals surface area contributed by atoms with E-state index in [1.165, 1.54) is 11.3 Å². The van der Waals surface area contributed by atoms with E-state index in [0.29, 0.717) is 34.5 Å². The quantitative estimate of drug-likeness (QED) is 0.279. The Hall–Kier alpha value is -4.10. The van der Waals surface area contributed by atoms with E-state index >= 15 is 0 Å². The predicted molar refractivity (Wildman–Crippen MR) is 152 cm³/mol. The van der Waals surface area contributed by atoms with E-state index in [1.807, 2.05) is 53.9 Å². The van der Waals surface area contributed by atoms with Gasteiger partial charge in [-0.05, 0) is 66.6 Å². The van der Waals surface area contributed by atoms with Gasteiger partial charge in [0.15, 0.2) is 0 Å². The molecule has 3 heterocycles. The summed E-state index contributed by atoms with van der Waals surface area (Å²) in [6.07, 6.45) is 1.74. The Kier molecular flexibility index (Phi) is 6.97. The van der Waals surface area contributed by atoms with Crippen molar-refractivity contribution in [3.05, 3.63) is 99.8 Å². The van der Waals surface area contributed by atoms with Gasteiger partial charge in [0, 0.05) is 37.1 Å². The molecule has 0 radical (unpaired) electrons. The molecule has 37 heavy (non-hydrogen) atoms. The second-order valence-corrected chi connectivity index (χ2v) is 9.65. The van der Waals surface area contributed by atoms with Gasteiger partial charge in [0.05, 0.1) is 28.5 Å². The van der Waals surface area contributed by atoms with Crippen molar-refractivity contribution in [3.8, 4) is 16.9 Å². The molecule has 6 nitrogen and oxygen atoms in total. The first kappa shape index (κ1) is 24.6. The van der Waals surface area contributed by atoms with Crippen LogP contribution in [-0.2, 0) is 6.54 Å². The van der Waals surface area contributed by atoms with Crippen molar-refractivity contribution in [1.29, 1.82) is 0 Å². The van der Waals surface area contributed by atoms with Crippen molar-refractivity contribution >= 4 is 38.5 Å². The van der Waals surface area contributed by atoms with E-state index in [0.717, 1.165) is 34.4 Å². The smallest absolute Gasteiger partial charge is 0.263 e. The lowest BCUT2D eigenvalue weighted by atomic mass is 10.0. The molecule has 2 aromatic carbocycles. The molecule has 0 saturated carbocycles. The second-order valence-electron chi connectivity index (χ2n) is 8.74. The zero-order chi connectivity index (χ0) is 25.9. The number of para-hydroxylation sites is 1. The number of carbonyl (C=O) groups excluding carboxylic acids is 1. The molecule has 1 N–H and O–H groups in total. The summed E-state index contributed by atoms with van der Waals surface area (Å²) in [5.41, 5.74) is 4.11. The molecule has 0 saturated heterocycles. The van der Waals surface area contributed by atoms with Crippen molar-refractivity contribution in [1.82, 2.24) is 9.72 Å². The van der Waals surface area contributed by atoms with Gasteiger partial charge < -0.3 is 15.0 Å². The molecule has 0 bridgehead atoms. The largest absolute Gasteiger partial charge is 0.496 e. The maximum atomic E-state index is 13.7. The number of thiophene rings is 1. The third kappa shape index (κ3) is 4.58. The molecule has 0 atom stereocenters. The minimum Gasteiger partial charge on any atom is -0.496 e. The summed E-state index contributed by atoms with van der Waals surface area (Å²) in [4.78, 5) is 29.6. The van der Waals surface area contributed by atoms with Crippen LogP contribution in [0.5, 0.6) is 5.75 Å². The van der Waals surface area contributed by atoms with Crippen LogP contribution in [0.25, 0.3) is 26.7 Å². The molecule has 0 fully saturated rings. The zero-order valence-electron chi connectivity index (χ0n) is 21.2. The fraction of sp³-hybridized carbons (Fsp3) is 0.200. The number of carbonyl (C=O) groups is 1. The minimum atomic E-state index is -0.234. The average molecular weight is 512 g/mol. The maximum Gasteiger partial charge on any atom is 0.263 e.